The lowest BCUT2D eigenvalue weighted by atomic mass is 10.2. The lowest BCUT2D eigenvalue weighted by Gasteiger charge is -2.11. The van der Waals surface area contributed by atoms with Gasteiger partial charge in [-0.3, -0.25) is 9.69 Å². The van der Waals surface area contributed by atoms with Crippen molar-refractivity contribution in [1.82, 2.24) is 9.88 Å². The molecule has 4 nitrogen and oxygen atoms in total. The molecule has 0 radical (unpaired) electrons. The van der Waals surface area contributed by atoms with E-state index in [-0.39, 0.29) is 5.91 Å². The fourth-order valence-corrected chi connectivity index (χ4v) is 4.46. The van der Waals surface area contributed by atoms with Crippen LogP contribution in [0.2, 0.25) is 0 Å². The standard InChI is InChI=1S/C22H17N3OS2/c1-2-13-25-20(26)19(14-16-9-5-3-6-10-16)28-22(25)24-21-23-18(15-27-21)17-11-7-4-8-12-17/h2-12,14-15H,1,13H2/b19-14-,24-22+. The van der Waals surface area contributed by atoms with E-state index in [1.54, 1.807) is 11.0 Å². The quantitative estimate of drug-likeness (QED) is 0.411. The summed E-state index contributed by atoms with van der Waals surface area (Å²) in [5, 5.41) is 3.24. The summed E-state index contributed by atoms with van der Waals surface area (Å²) in [6.07, 6.45) is 3.60. The number of amides is 1. The Morgan fingerprint density at radius 2 is 1.79 bits per heavy atom. The number of hydrogen-bond acceptors (Lipinski definition) is 5. The monoisotopic (exact) mass is 403 g/mol. The Hall–Kier alpha value is -2.96. The normalized spacial score (nSPS) is 16.9. The van der Waals surface area contributed by atoms with Gasteiger partial charge in [-0.1, -0.05) is 66.7 Å². The van der Waals surface area contributed by atoms with Gasteiger partial charge in [-0.2, -0.15) is 4.99 Å². The van der Waals surface area contributed by atoms with Crippen LogP contribution in [0.3, 0.4) is 0 Å². The zero-order valence-electron chi connectivity index (χ0n) is 15.0. The lowest BCUT2D eigenvalue weighted by Crippen LogP contribution is -2.29. The molecule has 1 aliphatic heterocycles. The molecular formula is C22H17N3OS2. The Morgan fingerprint density at radius 1 is 1.07 bits per heavy atom. The smallest absolute Gasteiger partial charge is 0.267 e. The van der Waals surface area contributed by atoms with Gasteiger partial charge in [0.25, 0.3) is 5.91 Å². The number of benzene rings is 2. The zero-order chi connectivity index (χ0) is 19.3. The van der Waals surface area contributed by atoms with Crippen molar-refractivity contribution in [2.75, 3.05) is 6.54 Å². The molecule has 0 aliphatic carbocycles. The fourth-order valence-electron chi connectivity index (χ4n) is 2.72. The van der Waals surface area contributed by atoms with Crippen LogP contribution < -0.4 is 0 Å². The maximum atomic E-state index is 12.8. The predicted octanol–water partition coefficient (Wildman–Crippen LogP) is 5.60. The first-order chi connectivity index (χ1) is 13.7. The molecule has 1 aliphatic rings. The third-order valence-electron chi connectivity index (χ3n) is 4.05. The first kappa shape index (κ1) is 18.4. The van der Waals surface area contributed by atoms with Crippen molar-refractivity contribution in [3.8, 4) is 11.3 Å². The molecule has 1 aromatic heterocycles. The van der Waals surface area contributed by atoms with Crippen LogP contribution in [0, 0.1) is 0 Å². The van der Waals surface area contributed by atoms with Crippen LogP contribution in [0.25, 0.3) is 17.3 Å². The Kier molecular flexibility index (Phi) is 5.50. The van der Waals surface area contributed by atoms with E-state index < -0.39 is 0 Å². The van der Waals surface area contributed by atoms with Crippen molar-refractivity contribution in [3.63, 3.8) is 0 Å². The number of aromatic nitrogens is 1. The molecule has 138 valence electrons. The summed E-state index contributed by atoms with van der Waals surface area (Å²) in [5.74, 6) is -0.0626. The molecule has 4 rings (SSSR count). The summed E-state index contributed by atoms with van der Waals surface area (Å²) in [7, 11) is 0. The highest BCUT2D eigenvalue weighted by Crippen LogP contribution is 2.35. The molecule has 0 atom stereocenters. The van der Waals surface area contributed by atoms with E-state index >= 15 is 0 Å². The van der Waals surface area contributed by atoms with Crippen molar-refractivity contribution >= 4 is 45.4 Å². The van der Waals surface area contributed by atoms with Crippen molar-refractivity contribution in [1.29, 1.82) is 0 Å². The largest absolute Gasteiger partial charge is 0.282 e. The van der Waals surface area contributed by atoms with Crippen LogP contribution in [0.1, 0.15) is 5.56 Å². The molecular weight excluding hydrogens is 386 g/mol. The third kappa shape index (κ3) is 3.98. The van der Waals surface area contributed by atoms with Gasteiger partial charge in [-0.05, 0) is 23.4 Å². The van der Waals surface area contributed by atoms with Gasteiger partial charge in [0, 0.05) is 17.5 Å². The summed E-state index contributed by atoms with van der Waals surface area (Å²) in [6, 6.07) is 19.8. The van der Waals surface area contributed by atoms with Crippen molar-refractivity contribution in [2.24, 2.45) is 4.99 Å². The number of thiazole rings is 1. The lowest BCUT2D eigenvalue weighted by molar-refractivity contribution is -0.121. The third-order valence-corrected chi connectivity index (χ3v) is 5.79. The second-order valence-corrected chi connectivity index (χ2v) is 7.85. The summed E-state index contributed by atoms with van der Waals surface area (Å²) in [5.41, 5.74) is 2.92. The number of hydrogen-bond donors (Lipinski definition) is 0. The maximum absolute atomic E-state index is 12.8. The van der Waals surface area contributed by atoms with E-state index in [0.717, 1.165) is 16.8 Å². The molecule has 0 saturated carbocycles. The van der Waals surface area contributed by atoms with Crippen molar-refractivity contribution in [2.45, 2.75) is 0 Å². The number of nitrogens with zero attached hydrogens (tertiary/aromatic N) is 3. The van der Waals surface area contributed by atoms with Gasteiger partial charge in [0.05, 0.1) is 10.6 Å². The molecule has 6 heteroatoms. The molecule has 1 amide bonds. The number of rotatable bonds is 5. The van der Waals surface area contributed by atoms with Crippen LogP contribution in [0.15, 0.2) is 88.6 Å². The van der Waals surface area contributed by atoms with E-state index in [2.05, 4.69) is 16.6 Å². The van der Waals surface area contributed by atoms with Gasteiger partial charge in [0.1, 0.15) is 0 Å². The minimum atomic E-state index is -0.0626. The first-order valence-corrected chi connectivity index (χ1v) is 10.4. The minimum absolute atomic E-state index is 0.0626. The fraction of sp³-hybridized carbons (Fsp3) is 0.0455. The number of thioether (sulfide) groups is 1. The van der Waals surface area contributed by atoms with Gasteiger partial charge in [0.2, 0.25) is 5.13 Å². The first-order valence-electron chi connectivity index (χ1n) is 8.71. The van der Waals surface area contributed by atoms with Crippen molar-refractivity contribution in [3.05, 3.63) is 89.2 Å². The molecule has 0 N–H and O–H groups in total. The highest BCUT2D eigenvalue weighted by Gasteiger charge is 2.32. The van der Waals surface area contributed by atoms with Crippen LogP contribution in [-0.2, 0) is 4.79 Å². The summed E-state index contributed by atoms with van der Waals surface area (Å²) >= 11 is 2.83. The van der Waals surface area contributed by atoms with Gasteiger partial charge in [-0.15, -0.1) is 17.9 Å². The molecule has 2 heterocycles. The van der Waals surface area contributed by atoms with Gasteiger partial charge in [-0.25, -0.2) is 4.98 Å². The van der Waals surface area contributed by atoms with Gasteiger partial charge < -0.3 is 0 Å². The SMILES string of the molecule is C=CCN1C(=O)/C(=C/c2ccccc2)S/C1=N/c1nc(-c2ccccc2)cs1. The summed E-state index contributed by atoms with van der Waals surface area (Å²) in [6.45, 7) is 4.17. The predicted molar refractivity (Wildman–Crippen MR) is 119 cm³/mol. The summed E-state index contributed by atoms with van der Waals surface area (Å²) < 4.78 is 0. The second-order valence-electron chi connectivity index (χ2n) is 6.00. The van der Waals surface area contributed by atoms with E-state index in [0.29, 0.717) is 21.7 Å². The number of carbonyl (C=O) groups excluding carboxylic acids is 1. The highest BCUT2D eigenvalue weighted by atomic mass is 32.2. The average Bonchev–Trinajstić information content (AvgIpc) is 3.31. The van der Waals surface area contributed by atoms with Gasteiger partial charge >= 0.3 is 0 Å². The molecule has 28 heavy (non-hydrogen) atoms. The minimum Gasteiger partial charge on any atom is -0.282 e. The second kappa shape index (κ2) is 8.37. The Balaban J connectivity index is 1.64. The Morgan fingerprint density at radius 3 is 2.50 bits per heavy atom. The number of aliphatic imine (C=N–C) groups is 1. The van der Waals surface area contributed by atoms with E-state index in [1.165, 1.54) is 23.1 Å². The number of amidine groups is 1. The van der Waals surface area contributed by atoms with E-state index in [9.17, 15) is 4.79 Å². The Bertz CT molecular complexity index is 1060. The molecule has 1 saturated heterocycles. The molecule has 1 fully saturated rings. The molecule has 0 bridgehead atoms. The maximum Gasteiger partial charge on any atom is 0.267 e. The topological polar surface area (TPSA) is 45.6 Å². The van der Waals surface area contributed by atoms with Crippen LogP contribution >= 0.6 is 23.1 Å². The van der Waals surface area contributed by atoms with Crippen LogP contribution in [0.5, 0.6) is 0 Å². The molecule has 0 unspecified atom stereocenters. The van der Waals surface area contributed by atoms with Gasteiger partial charge in [0.15, 0.2) is 5.17 Å². The molecule has 0 spiro atoms. The van der Waals surface area contributed by atoms with E-state index in [4.69, 9.17) is 0 Å². The number of carbonyl (C=O) groups is 1. The molecule has 3 aromatic rings. The Labute approximate surface area is 172 Å². The van der Waals surface area contributed by atoms with E-state index in [1.807, 2.05) is 72.1 Å². The zero-order valence-corrected chi connectivity index (χ0v) is 16.6. The highest BCUT2D eigenvalue weighted by molar-refractivity contribution is 8.18. The van der Waals surface area contributed by atoms with Crippen LogP contribution in [0.4, 0.5) is 5.13 Å². The average molecular weight is 404 g/mol. The van der Waals surface area contributed by atoms with Crippen LogP contribution in [-0.4, -0.2) is 27.5 Å². The van der Waals surface area contributed by atoms with Crippen molar-refractivity contribution < 1.29 is 4.79 Å². The molecule has 2 aromatic carbocycles. The summed E-state index contributed by atoms with van der Waals surface area (Å²) in [4.78, 5) is 24.4.